The van der Waals surface area contributed by atoms with Crippen molar-refractivity contribution in [3.8, 4) is 0 Å². The molecule has 0 saturated heterocycles. The molecular weight excluding hydrogens is 462 g/mol. The third-order valence-electron chi connectivity index (χ3n) is 4.57. The molecule has 0 aromatic heterocycles. The predicted molar refractivity (Wildman–Crippen MR) is 122 cm³/mol. The van der Waals surface area contributed by atoms with Gasteiger partial charge in [0.1, 0.15) is 12.6 Å². The maximum absolute atomic E-state index is 12.2. The lowest BCUT2D eigenvalue weighted by atomic mass is 10.1. The number of alkyl carbamates (subject to hydrolysis) is 1. The minimum Gasteiger partial charge on any atom is -0.445 e. The normalized spacial score (nSPS) is 11.4. The number of hydrogen-bond donors (Lipinski definition) is 3. The van der Waals surface area contributed by atoms with Gasteiger partial charge >= 0.3 is 6.09 Å². The van der Waals surface area contributed by atoms with E-state index in [0.717, 1.165) is 28.4 Å². The van der Waals surface area contributed by atoms with Crippen LogP contribution in [0.1, 0.15) is 36.8 Å². The van der Waals surface area contributed by atoms with Crippen LogP contribution in [0.4, 0.5) is 4.79 Å². The monoisotopic (exact) mass is 489 g/mol. The van der Waals surface area contributed by atoms with Crippen molar-refractivity contribution in [3.05, 3.63) is 70.2 Å². The Kier molecular flexibility index (Phi) is 10.6. The van der Waals surface area contributed by atoms with E-state index in [4.69, 9.17) is 10.5 Å². The third-order valence-corrected chi connectivity index (χ3v) is 5.06. The molecule has 0 fully saturated rings. The van der Waals surface area contributed by atoms with Crippen LogP contribution in [0.3, 0.4) is 0 Å². The summed E-state index contributed by atoms with van der Waals surface area (Å²) in [5.74, 6) is -0.777. The summed E-state index contributed by atoms with van der Waals surface area (Å²) in [6.45, 7) is 0.704. The van der Waals surface area contributed by atoms with Crippen LogP contribution in [0.2, 0.25) is 0 Å². The maximum atomic E-state index is 12.2. The summed E-state index contributed by atoms with van der Waals surface area (Å²) >= 11 is 3.39. The third kappa shape index (κ3) is 10.1. The van der Waals surface area contributed by atoms with Crippen LogP contribution in [-0.2, 0) is 27.4 Å². The number of primary amides is 1. The molecule has 2 aromatic carbocycles. The van der Waals surface area contributed by atoms with E-state index in [1.807, 2.05) is 54.6 Å². The number of amides is 3. The second kappa shape index (κ2) is 13.4. The van der Waals surface area contributed by atoms with Gasteiger partial charge in [-0.05, 0) is 36.1 Å². The number of nitrogens with one attached hydrogen (secondary N) is 2. The molecule has 0 heterocycles. The van der Waals surface area contributed by atoms with E-state index < -0.39 is 18.0 Å². The van der Waals surface area contributed by atoms with Crippen LogP contribution in [-0.4, -0.2) is 30.5 Å². The summed E-state index contributed by atoms with van der Waals surface area (Å²) in [4.78, 5) is 35.5. The van der Waals surface area contributed by atoms with Crippen molar-refractivity contribution in [2.45, 2.75) is 44.8 Å². The van der Waals surface area contributed by atoms with Crippen LogP contribution in [0.5, 0.6) is 0 Å². The molecule has 2 aromatic rings. The molecule has 0 aliphatic carbocycles. The fourth-order valence-corrected chi connectivity index (χ4v) is 3.39. The first-order chi connectivity index (χ1) is 14.9. The molecular formula is C23H28BrN3O4. The largest absolute Gasteiger partial charge is 0.445 e. The first kappa shape index (κ1) is 24.4. The fourth-order valence-electron chi connectivity index (χ4n) is 2.94. The van der Waals surface area contributed by atoms with E-state index in [2.05, 4.69) is 26.6 Å². The summed E-state index contributed by atoms with van der Waals surface area (Å²) in [5.41, 5.74) is 7.27. The first-order valence-corrected chi connectivity index (χ1v) is 11.0. The molecule has 31 heavy (non-hydrogen) atoms. The number of rotatable bonds is 12. The lowest BCUT2D eigenvalue weighted by Gasteiger charge is -2.16. The van der Waals surface area contributed by atoms with Crippen LogP contribution < -0.4 is 16.4 Å². The zero-order chi connectivity index (χ0) is 22.5. The van der Waals surface area contributed by atoms with Gasteiger partial charge in [0.15, 0.2) is 0 Å². The van der Waals surface area contributed by atoms with E-state index in [-0.39, 0.29) is 12.5 Å². The minimum absolute atomic E-state index is 0.214. The van der Waals surface area contributed by atoms with Gasteiger partial charge in [-0.15, -0.1) is 0 Å². The standard InChI is InChI=1S/C23H28BrN3O4/c24-19-11-7-10-18(14-19)15-20(22(25)29)27-21(28)12-5-2-6-13-26-23(30)31-16-17-8-3-1-4-9-17/h1,3-4,7-11,14,20H,2,5-6,12-13,15-16H2,(H2,25,29)(H,26,30)(H,27,28)/t20-/m0/s1. The van der Waals surface area contributed by atoms with Crippen LogP contribution in [0, 0.1) is 0 Å². The highest BCUT2D eigenvalue weighted by molar-refractivity contribution is 9.10. The van der Waals surface area contributed by atoms with Gasteiger partial charge < -0.3 is 21.1 Å². The van der Waals surface area contributed by atoms with E-state index in [1.165, 1.54) is 0 Å². The van der Waals surface area contributed by atoms with Crippen LogP contribution in [0.15, 0.2) is 59.1 Å². The Morgan fingerprint density at radius 3 is 2.42 bits per heavy atom. The zero-order valence-electron chi connectivity index (χ0n) is 17.3. The van der Waals surface area contributed by atoms with Gasteiger partial charge in [-0.1, -0.05) is 64.8 Å². The second-order valence-corrected chi connectivity index (χ2v) is 8.07. The second-order valence-electron chi connectivity index (χ2n) is 7.16. The number of benzene rings is 2. The Labute approximate surface area is 190 Å². The van der Waals surface area contributed by atoms with Crippen molar-refractivity contribution in [1.82, 2.24) is 10.6 Å². The van der Waals surface area contributed by atoms with Crippen molar-refractivity contribution < 1.29 is 19.1 Å². The van der Waals surface area contributed by atoms with Gasteiger partial charge in [-0.3, -0.25) is 9.59 Å². The Hall–Kier alpha value is -2.87. The summed E-state index contributed by atoms with van der Waals surface area (Å²) < 4.78 is 6.03. The Morgan fingerprint density at radius 2 is 1.71 bits per heavy atom. The van der Waals surface area contributed by atoms with E-state index in [9.17, 15) is 14.4 Å². The van der Waals surface area contributed by atoms with Crippen molar-refractivity contribution in [3.63, 3.8) is 0 Å². The summed E-state index contributed by atoms with van der Waals surface area (Å²) in [5, 5.41) is 5.40. The van der Waals surface area contributed by atoms with E-state index in [1.54, 1.807) is 0 Å². The number of ether oxygens (including phenoxy) is 1. The molecule has 1 atom stereocenters. The van der Waals surface area contributed by atoms with Crippen molar-refractivity contribution in [2.24, 2.45) is 5.73 Å². The van der Waals surface area contributed by atoms with Crippen LogP contribution in [0.25, 0.3) is 0 Å². The molecule has 7 nitrogen and oxygen atoms in total. The molecule has 8 heteroatoms. The average molecular weight is 490 g/mol. The Morgan fingerprint density at radius 1 is 0.968 bits per heavy atom. The molecule has 2 rings (SSSR count). The quantitative estimate of drug-likeness (QED) is 0.396. The Bertz CT molecular complexity index is 861. The molecule has 0 saturated carbocycles. The predicted octanol–water partition coefficient (Wildman–Crippen LogP) is 3.45. The topological polar surface area (TPSA) is 111 Å². The lowest BCUT2D eigenvalue weighted by molar-refractivity contribution is -0.127. The average Bonchev–Trinajstić information content (AvgIpc) is 2.75. The highest BCUT2D eigenvalue weighted by atomic mass is 79.9. The summed E-state index contributed by atoms with van der Waals surface area (Å²) in [6, 6.07) is 16.2. The molecule has 0 aliphatic heterocycles. The van der Waals surface area contributed by atoms with Gasteiger partial charge in [0.2, 0.25) is 11.8 Å². The number of hydrogen-bond acceptors (Lipinski definition) is 4. The number of carbonyl (C=O) groups excluding carboxylic acids is 3. The molecule has 4 N–H and O–H groups in total. The van der Waals surface area contributed by atoms with Gasteiger partial charge in [0.25, 0.3) is 0 Å². The van der Waals surface area contributed by atoms with E-state index in [0.29, 0.717) is 25.8 Å². The highest BCUT2D eigenvalue weighted by Gasteiger charge is 2.18. The zero-order valence-corrected chi connectivity index (χ0v) is 18.9. The molecule has 0 spiro atoms. The molecule has 0 unspecified atom stereocenters. The SMILES string of the molecule is NC(=O)[C@H](Cc1cccc(Br)c1)NC(=O)CCCCCNC(=O)OCc1ccccc1. The van der Waals surface area contributed by atoms with Crippen molar-refractivity contribution in [1.29, 1.82) is 0 Å². The van der Waals surface area contributed by atoms with Gasteiger partial charge in [0.05, 0.1) is 0 Å². The van der Waals surface area contributed by atoms with Gasteiger partial charge in [-0.25, -0.2) is 4.79 Å². The van der Waals surface area contributed by atoms with Gasteiger partial charge in [0, 0.05) is 23.9 Å². The maximum Gasteiger partial charge on any atom is 0.407 e. The molecule has 0 radical (unpaired) electrons. The molecule has 0 aliphatic rings. The van der Waals surface area contributed by atoms with E-state index >= 15 is 0 Å². The van der Waals surface area contributed by atoms with Crippen molar-refractivity contribution >= 4 is 33.8 Å². The highest BCUT2D eigenvalue weighted by Crippen LogP contribution is 2.13. The smallest absolute Gasteiger partial charge is 0.407 e. The summed E-state index contributed by atoms with van der Waals surface area (Å²) in [6.07, 6.45) is 2.31. The number of carbonyl (C=O) groups is 3. The van der Waals surface area contributed by atoms with Crippen molar-refractivity contribution in [2.75, 3.05) is 6.54 Å². The molecule has 166 valence electrons. The van der Waals surface area contributed by atoms with Crippen LogP contribution >= 0.6 is 15.9 Å². The number of nitrogens with two attached hydrogens (primary N) is 1. The Balaban J connectivity index is 1.58. The summed E-state index contributed by atoms with van der Waals surface area (Å²) in [7, 11) is 0. The van der Waals surface area contributed by atoms with Gasteiger partial charge in [-0.2, -0.15) is 0 Å². The number of halogens is 1. The number of unbranched alkanes of at least 4 members (excludes halogenated alkanes) is 2. The fraction of sp³-hybridized carbons (Fsp3) is 0.348. The first-order valence-electron chi connectivity index (χ1n) is 10.2. The molecule has 3 amide bonds. The molecule has 0 bridgehead atoms. The lowest BCUT2D eigenvalue weighted by Crippen LogP contribution is -2.45. The minimum atomic E-state index is -0.747.